The largest absolute Gasteiger partial charge is 0.382 e. The molecule has 0 bridgehead atoms. The zero-order chi connectivity index (χ0) is 12.4. The summed E-state index contributed by atoms with van der Waals surface area (Å²) in [5.41, 5.74) is 0. The summed E-state index contributed by atoms with van der Waals surface area (Å²) < 4.78 is 21.6. The van der Waals surface area contributed by atoms with E-state index in [1.807, 2.05) is 27.7 Å². The zero-order valence-corrected chi connectivity index (χ0v) is 11.2. The van der Waals surface area contributed by atoms with Gasteiger partial charge in [-0.15, -0.1) is 0 Å². The maximum atomic E-state index is 5.65. The number of rotatable bonds is 10. The van der Waals surface area contributed by atoms with E-state index in [0.717, 1.165) is 6.61 Å². The zero-order valence-electron chi connectivity index (χ0n) is 11.2. The molecule has 16 heavy (non-hydrogen) atoms. The molecule has 0 aromatic heterocycles. The van der Waals surface area contributed by atoms with Gasteiger partial charge in [0.1, 0.15) is 6.10 Å². The molecule has 98 valence electrons. The second-order valence-electron chi connectivity index (χ2n) is 4.07. The SMILES string of the molecule is CCOCC(C)OCC(COC)OC(C)C. The van der Waals surface area contributed by atoms with Gasteiger partial charge in [-0.1, -0.05) is 0 Å². The van der Waals surface area contributed by atoms with Crippen LogP contribution >= 0.6 is 0 Å². The van der Waals surface area contributed by atoms with Crippen LogP contribution < -0.4 is 0 Å². The molecule has 0 heterocycles. The minimum atomic E-state index is -0.00548. The Morgan fingerprint density at radius 1 is 1.00 bits per heavy atom. The molecule has 0 N–H and O–H groups in total. The summed E-state index contributed by atoms with van der Waals surface area (Å²) in [6.45, 7) is 10.4. The van der Waals surface area contributed by atoms with E-state index in [0.29, 0.717) is 19.8 Å². The maximum Gasteiger partial charge on any atom is 0.104 e. The highest BCUT2D eigenvalue weighted by atomic mass is 16.6. The number of methoxy groups -OCH3 is 1. The fourth-order valence-corrected chi connectivity index (χ4v) is 1.30. The molecule has 0 aliphatic carbocycles. The van der Waals surface area contributed by atoms with Gasteiger partial charge in [0.15, 0.2) is 0 Å². The van der Waals surface area contributed by atoms with Crippen LogP contribution in [0.25, 0.3) is 0 Å². The smallest absolute Gasteiger partial charge is 0.104 e. The molecule has 4 heteroatoms. The molecule has 2 atom stereocenters. The summed E-state index contributed by atoms with van der Waals surface area (Å²) in [4.78, 5) is 0. The van der Waals surface area contributed by atoms with Crippen molar-refractivity contribution in [3.8, 4) is 0 Å². The molecule has 4 nitrogen and oxygen atoms in total. The summed E-state index contributed by atoms with van der Waals surface area (Å²) in [5, 5.41) is 0. The maximum absolute atomic E-state index is 5.65. The molecule has 0 aromatic rings. The van der Waals surface area contributed by atoms with Crippen molar-refractivity contribution in [2.45, 2.75) is 46.0 Å². The van der Waals surface area contributed by atoms with Gasteiger partial charge in [0, 0.05) is 13.7 Å². The standard InChI is InChI=1S/C12H26O4/c1-6-14-7-11(4)15-9-12(8-13-5)16-10(2)3/h10-12H,6-9H2,1-5H3. The highest BCUT2D eigenvalue weighted by Gasteiger charge is 2.13. The third kappa shape index (κ3) is 9.09. The van der Waals surface area contributed by atoms with Crippen molar-refractivity contribution in [3.63, 3.8) is 0 Å². The Kier molecular flexibility index (Phi) is 9.92. The van der Waals surface area contributed by atoms with Crippen molar-refractivity contribution < 1.29 is 18.9 Å². The predicted molar refractivity (Wildman–Crippen MR) is 63.8 cm³/mol. The normalized spacial score (nSPS) is 15.4. The van der Waals surface area contributed by atoms with E-state index >= 15 is 0 Å². The van der Waals surface area contributed by atoms with E-state index in [9.17, 15) is 0 Å². The fraction of sp³-hybridized carbons (Fsp3) is 1.00. The van der Waals surface area contributed by atoms with E-state index in [1.54, 1.807) is 7.11 Å². The van der Waals surface area contributed by atoms with E-state index in [-0.39, 0.29) is 18.3 Å². The Bertz CT molecular complexity index is 150. The second kappa shape index (κ2) is 10.0. The third-order valence-corrected chi connectivity index (χ3v) is 1.94. The third-order valence-electron chi connectivity index (χ3n) is 1.94. The van der Waals surface area contributed by atoms with Crippen molar-refractivity contribution in [2.75, 3.05) is 33.5 Å². The Morgan fingerprint density at radius 3 is 2.19 bits per heavy atom. The Labute approximate surface area is 99.2 Å². The van der Waals surface area contributed by atoms with Crippen molar-refractivity contribution in [1.82, 2.24) is 0 Å². The summed E-state index contributed by atoms with van der Waals surface area (Å²) in [6, 6.07) is 0. The highest BCUT2D eigenvalue weighted by molar-refractivity contribution is 4.59. The highest BCUT2D eigenvalue weighted by Crippen LogP contribution is 2.02. The molecule has 0 aliphatic rings. The molecule has 0 radical (unpaired) electrons. The van der Waals surface area contributed by atoms with Crippen LogP contribution in [0.15, 0.2) is 0 Å². The van der Waals surface area contributed by atoms with E-state index in [1.165, 1.54) is 0 Å². The summed E-state index contributed by atoms with van der Waals surface area (Å²) in [7, 11) is 1.67. The monoisotopic (exact) mass is 234 g/mol. The van der Waals surface area contributed by atoms with Gasteiger partial charge in [-0.3, -0.25) is 0 Å². The quantitative estimate of drug-likeness (QED) is 0.578. The first-order valence-corrected chi connectivity index (χ1v) is 5.93. The number of hydrogen-bond acceptors (Lipinski definition) is 4. The van der Waals surface area contributed by atoms with Crippen molar-refractivity contribution in [3.05, 3.63) is 0 Å². The van der Waals surface area contributed by atoms with Crippen LogP contribution in [-0.4, -0.2) is 51.8 Å². The topological polar surface area (TPSA) is 36.9 Å². The number of hydrogen-bond donors (Lipinski definition) is 0. The lowest BCUT2D eigenvalue weighted by Crippen LogP contribution is -2.30. The molecule has 0 spiro atoms. The van der Waals surface area contributed by atoms with Crippen LogP contribution in [0.2, 0.25) is 0 Å². The average molecular weight is 234 g/mol. The van der Waals surface area contributed by atoms with Crippen LogP contribution in [0.3, 0.4) is 0 Å². The minimum Gasteiger partial charge on any atom is -0.382 e. The van der Waals surface area contributed by atoms with Gasteiger partial charge >= 0.3 is 0 Å². The minimum absolute atomic E-state index is 0.00548. The van der Waals surface area contributed by atoms with Gasteiger partial charge in [-0.05, 0) is 27.7 Å². The van der Waals surface area contributed by atoms with Crippen LogP contribution in [0.5, 0.6) is 0 Å². The first kappa shape index (κ1) is 15.8. The van der Waals surface area contributed by atoms with Gasteiger partial charge in [0.05, 0.1) is 32.0 Å². The van der Waals surface area contributed by atoms with Gasteiger partial charge in [-0.2, -0.15) is 0 Å². The van der Waals surface area contributed by atoms with E-state index in [4.69, 9.17) is 18.9 Å². The molecule has 0 amide bonds. The molecule has 2 unspecified atom stereocenters. The molecule has 0 saturated carbocycles. The summed E-state index contributed by atoms with van der Waals surface area (Å²) >= 11 is 0. The van der Waals surface area contributed by atoms with Crippen molar-refractivity contribution >= 4 is 0 Å². The lowest BCUT2D eigenvalue weighted by molar-refractivity contribution is -0.0975. The molecule has 0 aromatic carbocycles. The van der Waals surface area contributed by atoms with Crippen molar-refractivity contribution in [2.24, 2.45) is 0 Å². The van der Waals surface area contributed by atoms with Crippen LogP contribution in [0, 0.1) is 0 Å². The van der Waals surface area contributed by atoms with E-state index < -0.39 is 0 Å². The van der Waals surface area contributed by atoms with Gasteiger partial charge in [0.25, 0.3) is 0 Å². The van der Waals surface area contributed by atoms with Crippen molar-refractivity contribution in [1.29, 1.82) is 0 Å². The average Bonchev–Trinajstić information content (AvgIpc) is 2.22. The lowest BCUT2D eigenvalue weighted by atomic mass is 10.3. The first-order valence-electron chi connectivity index (χ1n) is 5.93. The molecule has 0 aliphatic heterocycles. The molecular weight excluding hydrogens is 208 g/mol. The fourth-order valence-electron chi connectivity index (χ4n) is 1.30. The molecule has 0 saturated heterocycles. The first-order chi connectivity index (χ1) is 7.60. The van der Waals surface area contributed by atoms with Gasteiger partial charge in [0.2, 0.25) is 0 Å². The van der Waals surface area contributed by atoms with Crippen LogP contribution in [-0.2, 0) is 18.9 Å². The number of ether oxygens (including phenoxy) is 4. The summed E-state index contributed by atoms with van der Waals surface area (Å²) in [5.74, 6) is 0. The van der Waals surface area contributed by atoms with Gasteiger partial charge < -0.3 is 18.9 Å². The Hall–Kier alpha value is -0.160. The predicted octanol–water partition coefficient (Wildman–Crippen LogP) is 1.87. The van der Waals surface area contributed by atoms with Gasteiger partial charge in [-0.25, -0.2) is 0 Å². The van der Waals surface area contributed by atoms with Crippen LogP contribution in [0.4, 0.5) is 0 Å². The molecular formula is C12H26O4. The van der Waals surface area contributed by atoms with Crippen LogP contribution in [0.1, 0.15) is 27.7 Å². The van der Waals surface area contributed by atoms with E-state index in [2.05, 4.69) is 0 Å². The lowest BCUT2D eigenvalue weighted by Gasteiger charge is -2.22. The summed E-state index contributed by atoms with van der Waals surface area (Å²) in [6.07, 6.45) is 0.273. The Morgan fingerprint density at radius 2 is 1.69 bits per heavy atom. The second-order valence-corrected chi connectivity index (χ2v) is 4.07. The Balaban J connectivity index is 3.72. The molecule has 0 fully saturated rings. The molecule has 0 rings (SSSR count).